The summed E-state index contributed by atoms with van der Waals surface area (Å²) in [6.45, 7) is 5.53. The van der Waals surface area contributed by atoms with Crippen molar-refractivity contribution >= 4 is 23.9 Å². The molecule has 1 heterocycles. The standard InChI is InChI=1S/C33H42N6O6/c1-33(2,3)38-31(43)39(20-24-14-16-35-17-15-24)21-28(40)26(18-23-10-6-4-7-11-23)36-30(42)27(19-29(34)41)37-32(44)45-22-25-12-8-5-9-13-25/h4-17,26-28,40H,18-22H2,1-3H3,(H2,34,41)(H,36,42)(H,37,44)(H,38,43)/t26-,27-,28-/m0/s1. The van der Waals surface area contributed by atoms with Gasteiger partial charge < -0.3 is 36.4 Å². The quantitative estimate of drug-likeness (QED) is 0.184. The van der Waals surface area contributed by atoms with Crippen LogP contribution in [0.1, 0.15) is 43.9 Å². The van der Waals surface area contributed by atoms with Gasteiger partial charge in [0, 0.05) is 24.5 Å². The van der Waals surface area contributed by atoms with Crippen molar-refractivity contribution in [1.82, 2.24) is 25.8 Å². The summed E-state index contributed by atoms with van der Waals surface area (Å²) in [4.78, 5) is 56.7. The van der Waals surface area contributed by atoms with Crippen molar-refractivity contribution in [2.45, 2.75) is 70.5 Å². The molecule has 240 valence electrons. The number of ether oxygens (including phenoxy) is 1. The Kier molecular flexibility index (Phi) is 12.9. The molecule has 12 heteroatoms. The topological polar surface area (TPSA) is 176 Å². The van der Waals surface area contributed by atoms with Gasteiger partial charge in [0.05, 0.1) is 25.1 Å². The van der Waals surface area contributed by atoms with Crippen LogP contribution in [-0.2, 0) is 33.9 Å². The van der Waals surface area contributed by atoms with E-state index < -0.39 is 54.1 Å². The van der Waals surface area contributed by atoms with Gasteiger partial charge in [-0.3, -0.25) is 14.6 Å². The molecule has 45 heavy (non-hydrogen) atoms. The molecule has 3 rings (SSSR count). The number of rotatable bonds is 14. The maximum Gasteiger partial charge on any atom is 0.408 e. The van der Waals surface area contributed by atoms with Crippen LogP contribution in [0, 0.1) is 0 Å². The van der Waals surface area contributed by atoms with E-state index in [2.05, 4.69) is 20.9 Å². The number of carbonyl (C=O) groups excluding carboxylic acids is 4. The molecule has 0 saturated heterocycles. The van der Waals surface area contributed by atoms with Gasteiger partial charge in [-0.15, -0.1) is 0 Å². The Hall–Kier alpha value is -4.97. The van der Waals surface area contributed by atoms with E-state index in [1.54, 1.807) is 48.8 Å². The van der Waals surface area contributed by atoms with E-state index in [1.807, 2.05) is 57.2 Å². The number of carbonyl (C=O) groups is 4. The van der Waals surface area contributed by atoms with Gasteiger partial charge in [-0.2, -0.15) is 0 Å². The number of hydrogen-bond donors (Lipinski definition) is 5. The van der Waals surface area contributed by atoms with E-state index >= 15 is 0 Å². The van der Waals surface area contributed by atoms with Crippen LogP contribution in [0.15, 0.2) is 85.2 Å². The third-order valence-electron chi connectivity index (χ3n) is 6.62. The van der Waals surface area contributed by atoms with Gasteiger partial charge in [-0.1, -0.05) is 60.7 Å². The lowest BCUT2D eigenvalue weighted by atomic mass is 9.99. The molecule has 0 bridgehead atoms. The zero-order valence-corrected chi connectivity index (χ0v) is 25.8. The maximum atomic E-state index is 13.5. The maximum absolute atomic E-state index is 13.5. The van der Waals surface area contributed by atoms with Crippen LogP contribution in [0.25, 0.3) is 0 Å². The van der Waals surface area contributed by atoms with Crippen LogP contribution in [0.4, 0.5) is 9.59 Å². The Morgan fingerprint density at radius 1 is 0.889 bits per heavy atom. The Morgan fingerprint density at radius 3 is 2.07 bits per heavy atom. The summed E-state index contributed by atoms with van der Waals surface area (Å²) in [5, 5.41) is 19.6. The summed E-state index contributed by atoms with van der Waals surface area (Å²) < 4.78 is 5.23. The molecule has 12 nitrogen and oxygen atoms in total. The number of aromatic nitrogens is 1. The molecule has 0 aliphatic rings. The molecule has 0 spiro atoms. The lowest BCUT2D eigenvalue weighted by molar-refractivity contribution is -0.128. The molecule has 0 aliphatic carbocycles. The van der Waals surface area contributed by atoms with Crippen LogP contribution in [0.2, 0.25) is 0 Å². The molecule has 2 aromatic carbocycles. The number of pyridine rings is 1. The molecule has 1 aromatic heterocycles. The number of hydrogen-bond acceptors (Lipinski definition) is 7. The number of primary amides is 1. The first kappa shape index (κ1) is 34.5. The van der Waals surface area contributed by atoms with Crippen molar-refractivity contribution < 1.29 is 29.0 Å². The molecule has 0 radical (unpaired) electrons. The van der Waals surface area contributed by atoms with Crippen molar-refractivity contribution in [2.24, 2.45) is 5.73 Å². The SMILES string of the molecule is CC(C)(C)NC(=O)N(Cc1ccncc1)C[C@H](O)[C@H](Cc1ccccc1)NC(=O)[C@H](CC(N)=O)NC(=O)OCc1ccccc1. The summed E-state index contributed by atoms with van der Waals surface area (Å²) in [6.07, 6.45) is 0.757. The van der Waals surface area contributed by atoms with Crippen LogP contribution in [-0.4, -0.2) is 69.2 Å². The average molecular weight is 619 g/mol. The van der Waals surface area contributed by atoms with Gasteiger partial charge in [-0.25, -0.2) is 9.59 Å². The molecule has 0 unspecified atom stereocenters. The van der Waals surface area contributed by atoms with Gasteiger partial charge in [0.2, 0.25) is 11.8 Å². The fourth-order valence-electron chi connectivity index (χ4n) is 4.43. The lowest BCUT2D eigenvalue weighted by Gasteiger charge is -2.33. The number of aliphatic hydroxyl groups is 1. The number of nitrogens with two attached hydrogens (primary N) is 1. The second-order valence-corrected chi connectivity index (χ2v) is 11.7. The minimum Gasteiger partial charge on any atom is -0.445 e. The Labute approximate surface area is 263 Å². The highest BCUT2D eigenvalue weighted by Crippen LogP contribution is 2.13. The smallest absolute Gasteiger partial charge is 0.408 e. The van der Waals surface area contributed by atoms with E-state index in [9.17, 15) is 24.3 Å². The summed E-state index contributed by atoms with van der Waals surface area (Å²) in [5.74, 6) is -1.56. The van der Waals surface area contributed by atoms with E-state index in [4.69, 9.17) is 10.5 Å². The summed E-state index contributed by atoms with van der Waals surface area (Å²) >= 11 is 0. The number of benzene rings is 2. The summed E-state index contributed by atoms with van der Waals surface area (Å²) in [5.41, 5.74) is 7.19. The van der Waals surface area contributed by atoms with Gasteiger partial charge in [-0.05, 0) is 56.0 Å². The minimum absolute atomic E-state index is 0.0448. The van der Waals surface area contributed by atoms with Crippen LogP contribution in [0.3, 0.4) is 0 Å². The normalized spacial score (nSPS) is 13.1. The fourth-order valence-corrected chi connectivity index (χ4v) is 4.43. The van der Waals surface area contributed by atoms with E-state index in [-0.39, 0.29) is 26.1 Å². The largest absolute Gasteiger partial charge is 0.445 e. The number of amides is 5. The van der Waals surface area contributed by atoms with Crippen LogP contribution >= 0.6 is 0 Å². The molecular weight excluding hydrogens is 576 g/mol. The number of aliphatic hydroxyl groups excluding tert-OH is 1. The highest BCUT2D eigenvalue weighted by molar-refractivity contribution is 5.90. The van der Waals surface area contributed by atoms with Crippen molar-refractivity contribution in [3.05, 3.63) is 102 Å². The van der Waals surface area contributed by atoms with Gasteiger partial charge in [0.25, 0.3) is 0 Å². The number of nitrogens with one attached hydrogen (secondary N) is 3. The van der Waals surface area contributed by atoms with Gasteiger partial charge >= 0.3 is 12.1 Å². The highest BCUT2D eigenvalue weighted by atomic mass is 16.5. The number of alkyl carbamates (subject to hydrolysis) is 1. The first-order valence-corrected chi connectivity index (χ1v) is 14.6. The Morgan fingerprint density at radius 2 is 1.49 bits per heavy atom. The molecule has 3 atom stereocenters. The molecule has 0 fully saturated rings. The van der Waals surface area contributed by atoms with Crippen molar-refractivity contribution in [2.75, 3.05) is 6.54 Å². The molecule has 3 aromatic rings. The second kappa shape index (κ2) is 16.8. The van der Waals surface area contributed by atoms with Gasteiger partial charge in [0.1, 0.15) is 12.6 Å². The molecule has 6 N–H and O–H groups in total. The Balaban J connectivity index is 1.79. The summed E-state index contributed by atoms with van der Waals surface area (Å²) in [6, 6.07) is 19.0. The van der Waals surface area contributed by atoms with E-state index in [0.29, 0.717) is 0 Å². The predicted molar refractivity (Wildman–Crippen MR) is 168 cm³/mol. The zero-order chi connectivity index (χ0) is 32.8. The van der Waals surface area contributed by atoms with Crippen molar-refractivity contribution in [3.63, 3.8) is 0 Å². The van der Waals surface area contributed by atoms with E-state index in [1.165, 1.54) is 4.90 Å². The number of urea groups is 1. The molecule has 0 saturated carbocycles. The fraction of sp³-hybridized carbons (Fsp3) is 0.364. The van der Waals surface area contributed by atoms with E-state index in [0.717, 1.165) is 16.7 Å². The first-order valence-electron chi connectivity index (χ1n) is 14.6. The van der Waals surface area contributed by atoms with Crippen molar-refractivity contribution in [3.8, 4) is 0 Å². The third-order valence-corrected chi connectivity index (χ3v) is 6.62. The molecule has 0 aliphatic heterocycles. The minimum atomic E-state index is -1.37. The van der Waals surface area contributed by atoms with Crippen LogP contribution < -0.4 is 21.7 Å². The molecule has 5 amide bonds. The molecular formula is C33H42N6O6. The zero-order valence-electron chi connectivity index (χ0n) is 25.8. The van der Waals surface area contributed by atoms with Gasteiger partial charge in [0.15, 0.2) is 0 Å². The monoisotopic (exact) mass is 618 g/mol. The van der Waals surface area contributed by atoms with Crippen molar-refractivity contribution in [1.29, 1.82) is 0 Å². The summed E-state index contributed by atoms with van der Waals surface area (Å²) in [7, 11) is 0. The Bertz CT molecular complexity index is 1390. The highest BCUT2D eigenvalue weighted by Gasteiger charge is 2.31. The van der Waals surface area contributed by atoms with Crippen LogP contribution in [0.5, 0.6) is 0 Å². The average Bonchev–Trinajstić information content (AvgIpc) is 2.99. The second-order valence-electron chi connectivity index (χ2n) is 11.7. The lowest BCUT2D eigenvalue weighted by Crippen LogP contribution is -2.57. The first-order chi connectivity index (χ1) is 21.4. The predicted octanol–water partition coefficient (Wildman–Crippen LogP) is 2.65. The third kappa shape index (κ3) is 12.7. The number of nitrogens with zero attached hydrogens (tertiary/aromatic N) is 2.